The van der Waals surface area contributed by atoms with E-state index in [0.29, 0.717) is 24.8 Å². The fraction of sp³-hybridized carbons (Fsp3) is 0.375. The van der Waals surface area contributed by atoms with Crippen molar-refractivity contribution in [3.05, 3.63) is 35.9 Å². The number of nitrogens with zero attached hydrogens (tertiary/aromatic N) is 3. The van der Waals surface area contributed by atoms with Crippen LogP contribution >= 0.6 is 0 Å². The Morgan fingerprint density at radius 2 is 2.30 bits per heavy atom. The third-order valence-corrected chi connectivity index (χ3v) is 3.80. The molecule has 0 N–H and O–H groups in total. The zero-order chi connectivity index (χ0) is 13.9. The summed E-state index contributed by atoms with van der Waals surface area (Å²) in [6.45, 7) is 4.32. The van der Waals surface area contributed by atoms with Crippen molar-refractivity contribution in [2.24, 2.45) is 0 Å². The van der Waals surface area contributed by atoms with Crippen LogP contribution in [0.5, 0.6) is 0 Å². The van der Waals surface area contributed by atoms with Crippen molar-refractivity contribution in [2.75, 3.05) is 24.7 Å². The molecule has 0 spiro atoms. The van der Waals surface area contributed by atoms with Crippen molar-refractivity contribution in [2.45, 2.75) is 19.4 Å². The van der Waals surface area contributed by atoms with Gasteiger partial charge in [0.15, 0.2) is 0 Å². The van der Waals surface area contributed by atoms with Gasteiger partial charge in [-0.3, -0.25) is 0 Å². The second-order valence-corrected chi connectivity index (χ2v) is 4.99. The Labute approximate surface area is 118 Å². The molecule has 0 radical (unpaired) electrons. The number of rotatable bonds is 2. The van der Waals surface area contributed by atoms with Gasteiger partial charge < -0.3 is 9.64 Å². The van der Waals surface area contributed by atoms with Gasteiger partial charge in [0.1, 0.15) is 11.9 Å². The van der Waals surface area contributed by atoms with E-state index < -0.39 is 0 Å². The Morgan fingerprint density at radius 3 is 3.10 bits per heavy atom. The number of hydrogen-bond donors (Lipinski definition) is 0. The standard InChI is InChI=1S/C16H17N3O/c1-2-14-11-20-8-7-19(14)16-13(10-17)9-12-5-3-4-6-15(12)18-16/h3-6,9,14H,2,7-8,11H2,1H3. The molecule has 4 heteroatoms. The third-order valence-electron chi connectivity index (χ3n) is 3.80. The molecule has 102 valence electrons. The SMILES string of the molecule is CCC1COCCN1c1nc2ccccc2cc1C#N. The summed E-state index contributed by atoms with van der Waals surface area (Å²) in [6, 6.07) is 12.4. The molecule has 1 atom stereocenters. The molecule has 2 aromatic rings. The summed E-state index contributed by atoms with van der Waals surface area (Å²) in [6.07, 6.45) is 0.985. The molecular formula is C16H17N3O. The third kappa shape index (κ3) is 2.21. The maximum absolute atomic E-state index is 9.42. The summed E-state index contributed by atoms with van der Waals surface area (Å²) in [4.78, 5) is 6.93. The summed E-state index contributed by atoms with van der Waals surface area (Å²) in [7, 11) is 0. The molecule has 4 nitrogen and oxygen atoms in total. The van der Waals surface area contributed by atoms with Crippen LogP contribution in [0.15, 0.2) is 30.3 Å². The van der Waals surface area contributed by atoms with Crippen LogP contribution in [0.3, 0.4) is 0 Å². The first kappa shape index (κ1) is 12.9. The van der Waals surface area contributed by atoms with Gasteiger partial charge in [0, 0.05) is 11.9 Å². The van der Waals surface area contributed by atoms with Gasteiger partial charge in [-0.05, 0) is 18.6 Å². The molecule has 1 unspecified atom stereocenters. The van der Waals surface area contributed by atoms with Crippen LogP contribution in [-0.4, -0.2) is 30.8 Å². The number of aromatic nitrogens is 1. The Bertz CT molecular complexity index is 662. The topological polar surface area (TPSA) is 49.1 Å². The van der Waals surface area contributed by atoms with E-state index in [0.717, 1.165) is 29.7 Å². The molecule has 20 heavy (non-hydrogen) atoms. The quantitative estimate of drug-likeness (QED) is 0.839. The summed E-state index contributed by atoms with van der Waals surface area (Å²) in [5, 5.41) is 10.4. The van der Waals surface area contributed by atoms with Crippen molar-refractivity contribution >= 4 is 16.7 Å². The maximum atomic E-state index is 9.42. The van der Waals surface area contributed by atoms with Gasteiger partial charge >= 0.3 is 0 Å². The number of fused-ring (bicyclic) bond motifs is 1. The Morgan fingerprint density at radius 1 is 1.45 bits per heavy atom. The first-order valence-electron chi connectivity index (χ1n) is 6.97. The van der Waals surface area contributed by atoms with E-state index in [1.807, 2.05) is 30.3 Å². The van der Waals surface area contributed by atoms with Crippen LogP contribution in [0, 0.1) is 11.3 Å². The molecule has 2 heterocycles. The largest absolute Gasteiger partial charge is 0.377 e. The number of nitriles is 1. The molecule has 1 aliphatic rings. The Kier molecular flexibility index (Phi) is 3.53. The summed E-state index contributed by atoms with van der Waals surface area (Å²) >= 11 is 0. The van der Waals surface area contributed by atoms with E-state index in [4.69, 9.17) is 9.72 Å². The number of anilines is 1. The molecule has 3 rings (SSSR count). The second-order valence-electron chi connectivity index (χ2n) is 4.99. The first-order chi connectivity index (χ1) is 9.83. The van der Waals surface area contributed by atoms with Crippen LogP contribution in [0.25, 0.3) is 10.9 Å². The second kappa shape index (κ2) is 5.48. The number of morpholine rings is 1. The molecule has 1 saturated heterocycles. The van der Waals surface area contributed by atoms with Crippen molar-refractivity contribution in [3.8, 4) is 6.07 Å². The highest BCUT2D eigenvalue weighted by Crippen LogP contribution is 2.26. The monoisotopic (exact) mass is 267 g/mol. The zero-order valence-corrected chi connectivity index (χ0v) is 11.5. The van der Waals surface area contributed by atoms with Crippen LogP contribution < -0.4 is 4.90 Å². The normalized spacial score (nSPS) is 19.0. The minimum atomic E-state index is 0.296. The number of para-hydroxylation sites is 1. The number of benzene rings is 1. The summed E-state index contributed by atoms with van der Waals surface area (Å²) in [5.74, 6) is 0.793. The molecule has 1 aromatic carbocycles. The highest BCUT2D eigenvalue weighted by atomic mass is 16.5. The number of hydrogen-bond acceptors (Lipinski definition) is 4. The number of pyridine rings is 1. The Hall–Kier alpha value is -2.12. The van der Waals surface area contributed by atoms with E-state index in [1.165, 1.54) is 0 Å². The molecule has 1 aliphatic heterocycles. The molecule has 0 aliphatic carbocycles. The molecule has 0 saturated carbocycles. The minimum absolute atomic E-state index is 0.296. The van der Waals surface area contributed by atoms with Crippen molar-refractivity contribution in [3.63, 3.8) is 0 Å². The van der Waals surface area contributed by atoms with Gasteiger partial charge in [-0.15, -0.1) is 0 Å². The van der Waals surface area contributed by atoms with Crippen molar-refractivity contribution < 1.29 is 4.74 Å². The van der Waals surface area contributed by atoms with Gasteiger partial charge in [0.25, 0.3) is 0 Å². The van der Waals surface area contributed by atoms with E-state index in [-0.39, 0.29) is 0 Å². The van der Waals surface area contributed by atoms with Gasteiger partial charge in [-0.1, -0.05) is 25.1 Å². The minimum Gasteiger partial charge on any atom is -0.377 e. The van der Waals surface area contributed by atoms with E-state index >= 15 is 0 Å². The van der Waals surface area contributed by atoms with E-state index in [9.17, 15) is 5.26 Å². The van der Waals surface area contributed by atoms with Crippen LogP contribution in [0.2, 0.25) is 0 Å². The van der Waals surface area contributed by atoms with Crippen molar-refractivity contribution in [1.82, 2.24) is 4.98 Å². The fourth-order valence-corrected chi connectivity index (χ4v) is 2.68. The predicted molar refractivity (Wildman–Crippen MR) is 78.7 cm³/mol. The lowest BCUT2D eigenvalue weighted by molar-refractivity contribution is 0.0926. The summed E-state index contributed by atoms with van der Waals surface area (Å²) < 4.78 is 5.53. The van der Waals surface area contributed by atoms with Gasteiger partial charge in [-0.2, -0.15) is 5.26 Å². The van der Waals surface area contributed by atoms with Gasteiger partial charge in [0.2, 0.25) is 0 Å². The lowest BCUT2D eigenvalue weighted by Gasteiger charge is -2.36. The average molecular weight is 267 g/mol. The maximum Gasteiger partial charge on any atom is 0.147 e. The van der Waals surface area contributed by atoms with E-state index in [1.54, 1.807) is 0 Å². The fourth-order valence-electron chi connectivity index (χ4n) is 2.68. The highest BCUT2D eigenvalue weighted by molar-refractivity contribution is 5.83. The van der Waals surface area contributed by atoms with Gasteiger partial charge in [-0.25, -0.2) is 4.98 Å². The number of ether oxygens (including phenoxy) is 1. The smallest absolute Gasteiger partial charge is 0.147 e. The van der Waals surface area contributed by atoms with Crippen LogP contribution in [0.4, 0.5) is 5.82 Å². The van der Waals surface area contributed by atoms with Crippen LogP contribution in [-0.2, 0) is 4.74 Å². The molecule has 1 aromatic heterocycles. The van der Waals surface area contributed by atoms with Gasteiger partial charge in [0.05, 0.1) is 30.3 Å². The van der Waals surface area contributed by atoms with Crippen molar-refractivity contribution in [1.29, 1.82) is 5.26 Å². The highest BCUT2D eigenvalue weighted by Gasteiger charge is 2.25. The average Bonchev–Trinajstić information content (AvgIpc) is 2.53. The molecule has 0 amide bonds. The molecule has 1 fully saturated rings. The Balaban J connectivity index is 2.11. The first-order valence-corrected chi connectivity index (χ1v) is 6.97. The van der Waals surface area contributed by atoms with Crippen LogP contribution in [0.1, 0.15) is 18.9 Å². The lowest BCUT2D eigenvalue weighted by atomic mass is 10.1. The zero-order valence-electron chi connectivity index (χ0n) is 11.5. The predicted octanol–water partition coefficient (Wildman–Crippen LogP) is 2.72. The molecular weight excluding hydrogens is 250 g/mol. The van der Waals surface area contributed by atoms with E-state index in [2.05, 4.69) is 17.9 Å². The summed E-state index contributed by atoms with van der Waals surface area (Å²) in [5.41, 5.74) is 1.58. The molecule has 0 bridgehead atoms. The lowest BCUT2D eigenvalue weighted by Crippen LogP contribution is -2.46.